The fourth-order valence-electron chi connectivity index (χ4n) is 1.69. The molecule has 0 unspecified atom stereocenters. The average Bonchev–Trinajstić information content (AvgIpc) is 3.10. The molecule has 0 bridgehead atoms. The zero-order valence-corrected chi connectivity index (χ0v) is 9.85. The lowest BCUT2D eigenvalue weighted by atomic mass is 10.1. The minimum Gasteiger partial charge on any atom is -0.310 e. The van der Waals surface area contributed by atoms with Gasteiger partial charge in [0.05, 0.1) is 10.5 Å². The van der Waals surface area contributed by atoms with E-state index in [9.17, 15) is 10.1 Å². The van der Waals surface area contributed by atoms with E-state index in [1.165, 1.54) is 18.9 Å². The quantitative estimate of drug-likeness (QED) is 0.627. The van der Waals surface area contributed by atoms with E-state index in [4.69, 9.17) is 0 Å². The van der Waals surface area contributed by atoms with Crippen LogP contribution >= 0.6 is 0 Å². The number of hydrogen-bond acceptors (Lipinski definition) is 3. The summed E-state index contributed by atoms with van der Waals surface area (Å²) in [6, 6.07) is 7.48. The van der Waals surface area contributed by atoms with Crippen LogP contribution in [0.3, 0.4) is 0 Å². The van der Waals surface area contributed by atoms with E-state index in [1.807, 2.05) is 19.1 Å². The molecule has 1 N–H and O–H groups in total. The molecular weight excluding hydrogens is 216 g/mol. The maximum absolute atomic E-state index is 10.8. The van der Waals surface area contributed by atoms with Crippen molar-refractivity contribution in [3.8, 4) is 0 Å². The van der Waals surface area contributed by atoms with Crippen molar-refractivity contribution in [2.24, 2.45) is 0 Å². The summed E-state index contributed by atoms with van der Waals surface area (Å²) in [7, 11) is 0. The van der Waals surface area contributed by atoms with E-state index in [0.29, 0.717) is 11.6 Å². The Bertz CT molecular complexity index is 450. The third kappa shape index (κ3) is 3.39. The Morgan fingerprint density at radius 2 is 2.24 bits per heavy atom. The van der Waals surface area contributed by atoms with Gasteiger partial charge in [0.15, 0.2) is 0 Å². The molecule has 90 valence electrons. The van der Waals surface area contributed by atoms with Crippen LogP contribution in [0.25, 0.3) is 6.08 Å². The molecule has 1 aromatic carbocycles. The minimum absolute atomic E-state index is 0.165. The lowest BCUT2D eigenvalue weighted by Crippen LogP contribution is -2.18. The second-order valence-electron chi connectivity index (χ2n) is 4.46. The summed E-state index contributed by atoms with van der Waals surface area (Å²) < 4.78 is 0. The van der Waals surface area contributed by atoms with Crippen molar-refractivity contribution < 1.29 is 4.92 Å². The highest BCUT2D eigenvalue weighted by molar-refractivity contribution is 5.62. The van der Waals surface area contributed by atoms with Gasteiger partial charge in [0.1, 0.15) is 0 Å². The van der Waals surface area contributed by atoms with Crippen LogP contribution in [0.5, 0.6) is 0 Å². The van der Waals surface area contributed by atoms with Gasteiger partial charge >= 0.3 is 0 Å². The number of nitrogens with zero attached hydrogens (tertiary/aromatic N) is 1. The van der Waals surface area contributed by atoms with Crippen LogP contribution < -0.4 is 5.32 Å². The standard InChI is InChI=1S/C13H16N2O2/c1-10(9-14-12-6-7-12)8-11-4-2-3-5-13(11)15(16)17/h2-5,8,12,14H,6-7,9H2,1H3. The van der Waals surface area contributed by atoms with Crippen molar-refractivity contribution >= 4 is 11.8 Å². The van der Waals surface area contributed by atoms with Crippen LogP contribution in [0.15, 0.2) is 29.8 Å². The summed E-state index contributed by atoms with van der Waals surface area (Å²) in [5.74, 6) is 0. The molecule has 1 saturated carbocycles. The van der Waals surface area contributed by atoms with Gasteiger partial charge in [-0.15, -0.1) is 0 Å². The van der Waals surface area contributed by atoms with Crippen LogP contribution in [0, 0.1) is 10.1 Å². The molecule has 1 aliphatic carbocycles. The van der Waals surface area contributed by atoms with Crippen molar-refractivity contribution in [3.63, 3.8) is 0 Å². The highest BCUT2D eigenvalue weighted by atomic mass is 16.6. The lowest BCUT2D eigenvalue weighted by molar-refractivity contribution is -0.385. The Morgan fingerprint density at radius 1 is 1.53 bits per heavy atom. The number of nitrogens with one attached hydrogen (secondary N) is 1. The molecule has 0 aromatic heterocycles. The summed E-state index contributed by atoms with van der Waals surface area (Å²) in [4.78, 5) is 10.5. The maximum atomic E-state index is 10.8. The molecule has 0 heterocycles. The number of rotatable bonds is 5. The number of benzene rings is 1. The van der Waals surface area contributed by atoms with E-state index in [-0.39, 0.29) is 10.6 Å². The van der Waals surface area contributed by atoms with Crippen molar-refractivity contribution in [1.82, 2.24) is 5.32 Å². The molecule has 0 aliphatic heterocycles. The fourth-order valence-corrected chi connectivity index (χ4v) is 1.69. The number of hydrogen-bond donors (Lipinski definition) is 1. The van der Waals surface area contributed by atoms with E-state index < -0.39 is 0 Å². The molecule has 1 aliphatic rings. The Labute approximate surface area is 100 Å². The Hall–Kier alpha value is -1.68. The van der Waals surface area contributed by atoms with E-state index >= 15 is 0 Å². The largest absolute Gasteiger partial charge is 0.310 e. The van der Waals surface area contributed by atoms with Crippen LogP contribution in [-0.2, 0) is 0 Å². The Kier molecular flexibility index (Phi) is 3.54. The average molecular weight is 232 g/mol. The molecule has 4 heteroatoms. The van der Waals surface area contributed by atoms with Crippen molar-refractivity contribution in [3.05, 3.63) is 45.5 Å². The van der Waals surface area contributed by atoms with E-state index in [2.05, 4.69) is 5.32 Å². The number of para-hydroxylation sites is 1. The second kappa shape index (κ2) is 5.10. The molecule has 17 heavy (non-hydrogen) atoms. The third-order valence-corrected chi connectivity index (χ3v) is 2.78. The fraction of sp³-hybridized carbons (Fsp3) is 0.385. The van der Waals surface area contributed by atoms with Crippen LogP contribution in [0.1, 0.15) is 25.3 Å². The summed E-state index contributed by atoms with van der Waals surface area (Å²) >= 11 is 0. The van der Waals surface area contributed by atoms with Gasteiger partial charge in [0.25, 0.3) is 5.69 Å². The molecule has 2 rings (SSSR count). The first-order chi connectivity index (χ1) is 8.16. The van der Waals surface area contributed by atoms with E-state index in [0.717, 1.165) is 12.1 Å². The zero-order chi connectivity index (χ0) is 12.3. The van der Waals surface area contributed by atoms with Gasteiger partial charge < -0.3 is 5.32 Å². The second-order valence-corrected chi connectivity index (χ2v) is 4.46. The first kappa shape index (κ1) is 11.8. The summed E-state index contributed by atoms with van der Waals surface area (Å²) in [6.45, 7) is 2.79. The van der Waals surface area contributed by atoms with Gasteiger partial charge in [-0.05, 0) is 31.9 Å². The SMILES string of the molecule is CC(=Cc1ccccc1[N+](=O)[O-])CNC1CC1. The van der Waals surface area contributed by atoms with Crippen LogP contribution in [0.4, 0.5) is 5.69 Å². The van der Waals surface area contributed by atoms with Gasteiger partial charge in [-0.1, -0.05) is 17.7 Å². The van der Waals surface area contributed by atoms with Gasteiger partial charge in [0.2, 0.25) is 0 Å². The number of nitro groups is 1. The monoisotopic (exact) mass is 232 g/mol. The summed E-state index contributed by atoms with van der Waals surface area (Å²) in [5, 5.41) is 14.2. The van der Waals surface area contributed by atoms with Gasteiger partial charge in [-0.2, -0.15) is 0 Å². The molecule has 0 atom stereocenters. The molecule has 4 nitrogen and oxygen atoms in total. The minimum atomic E-state index is -0.340. The molecular formula is C13H16N2O2. The first-order valence-corrected chi connectivity index (χ1v) is 5.81. The van der Waals surface area contributed by atoms with Crippen molar-refractivity contribution in [1.29, 1.82) is 0 Å². The molecule has 1 aromatic rings. The smallest absolute Gasteiger partial charge is 0.276 e. The summed E-state index contributed by atoms with van der Waals surface area (Å²) in [6.07, 6.45) is 4.38. The normalized spacial score (nSPS) is 15.9. The summed E-state index contributed by atoms with van der Waals surface area (Å²) in [5.41, 5.74) is 1.96. The van der Waals surface area contributed by atoms with Crippen LogP contribution in [-0.4, -0.2) is 17.5 Å². The zero-order valence-electron chi connectivity index (χ0n) is 9.85. The van der Waals surface area contributed by atoms with Crippen molar-refractivity contribution in [2.75, 3.05) is 6.54 Å². The Balaban J connectivity index is 2.09. The maximum Gasteiger partial charge on any atom is 0.276 e. The van der Waals surface area contributed by atoms with E-state index in [1.54, 1.807) is 12.1 Å². The van der Waals surface area contributed by atoms with Crippen molar-refractivity contribution in [2.45, 2.75) is 25.8 Å². The number of nitro benzene ring substituents is 1. The third-order valence-electron chi connectivity index (χ3n) is 2.78. The highest BCUT2D eigenvalue weighted by Crippen LogP contribution is 2.21. The predicted molar refractivity (Wildman–Crippen MR) is 67.8 cm³/mol. The predicted octanol–water partition coefficient (Wildman–Crippen LogP) is 2.75. The van der Waals surface area contributed by atoms with Gasteiger partial charge in [0, 0.05) is 18.7 Å². The lowest BCUT2D eigenvalue weighted by Gasteiger charge is -2.03. The molecule has 1 fully saturated rings. The van der Waals surface area contributed by atoms with Crippen LogP contribution in [0.2, 0.25) is 0 Å². The first-order valence-electron chi connectivity index (χ1n) is 5.81. The van der Waals surface area contributed by atoms with Gasteiger partial charge in [-0.25, -0.2) is 0 Å². The van der Waals surface area contributed by atoms with Gasteiger partial charge in [-0.3, -0.25) is 10.1 Å². The molecule has 0 amide bonds. The highest BCUT2D eigenvalue weighted by Gasteiger charge is 2.19. The molecule has 0 saturated heterocycles. The molecule has 0 radical (unpaired) electrons. The topological polar surface area (TPSA) is 55.2 Å². The molecule has 0 spiro atoms. The Morgan fingerprint density at radius 3 is 2.88 bits per heavy atom.